The maximum atomic E-state index is 11.8. The van der Waals surface area contributed by atoms with E-state index in [0.29, 0.717) is 10.5 Å². The van der Waals surface area contributed by atoms with Gasteiger partial charge in [-0.1, -0.05) is 30.3 Å². The van der Waals surface area contributed by atoms with Gasteiger partial charge < -0.3 is 5.11 Å². The van der Waals surface area contributed by atoms with E-state index in [1.54, 1.807) is 30.3 Å². The summed E-state index contributed by atoms with van der Waals surface area (Å²) in [5.74, 6) is -3.55. The molecule has 0 fully saturated rings. The van der Waals surface area contributed by atoms with Gasteiger partial charge in [0.25, 0.3) is 11.7 Å². The molecule has 1 N–H and O–H groups in total. The summed E-state index contributed by atoms with van der Waals surface area (Å²) in [5, 5.41) is 9.61. The lowest BCUT2D eigenvalue weighted by Gasteiger charge is -2.22. The number of imide groups is 1. The summed E-state index contributed by atoms with van der Waals surface area (Å²) in [6.45, 7) is 0. The van der Waals surface area contributed by atoms with Crippen molar-refractivity contribution in [1.82, 2.24) is 4.90 Å². The number of rotatable bonds is 1. The van der Waals surface area contributed by atoms with Gasteiger partial charge in [-0.05, 0) is 5.56 Å². The van der Waals surface area contributed by atoms with Crippen LogP contribution < -0.4 is 0 Å². The van der Waals surface area contributed by atoms with Gasteiger partial charge in [-0.25, -0.2) is 0 Å². The molecule has 0 radical (unpaired) electrons. The summed E-state index contributed by atoms with van der Waals surface area (Å²) in [6.07, 6.45) is 0. The van der Waals surface area contributed by atoms with E-state index in [1.807, 2.05) is 0 Å². The van der Waals surface area contributed by atoms with E-state index in [1.165, 1.54) is 7.05 Å². The van der Waals surface area contributed by atoms with Crippen LogP contribution in [0.15, 0.2) is 36.1 Å². The molecule has 1 aromatic carbocycles. The summed E-state index contributed by atoms with van der Waals surface area (Å²) in [5.41, 5.74) is 0.264. The molecule has 1 aromatic rings. The van der Waals surface area contributed by atoms with Crippen LogP contribution in [-0.2, 0) is 14.4 Å². The number of carbonyl (C=O) groups is 3. The van der Waals surface area contributed by atoms with Crippen LogP contribution >= 0.6 is 0 Å². The molecule has 0 bridgehead atoms. The number of hydrogen-bond donors (Lipinski definition) is 1. The maximum Gasteiger partial charge on any atom is 0.304 e. The first kappa shape index (κ1) is 11.1. The smallest absolute Gasteiger partial charge is 0.304 e. The molecule has 0 atom stereocenters. The SMILES string of the molecule is CN1C(=O)C(=O)C(O)=C(c2ccccc2)C1=O. The molecular formula is C12H9NO4. The second-order valence-electron chi connectivity index (χ2n) is 3.59. The topological polar surface area (TPSA) is 74.7 Å². The van der Waals surface area contributed by atoms with E-state index in [0.717, 1.165) is 0 Å². The Hall–Kier alpha value is -2.43. The average Bonchev–Trinajstić information content (AvgIpc) is 2.36. The van der Waals surface area contributed by atoms with Crippen molar-refractivity contribution in [2.75, 3.05) is 7.05 Å². The highest BCUT2D eigenvalue weighted by molar-refractivity contribution is 6.52. The summed E-state index contributed by atoms with van der Waals surface area (Å²) in [4.78, 5) is 35.2. The number of aliphatic hydroxyl groups is 1. The fraction of sp³-hybridized carbons (Fsp3) is 0.0833. The van der Waals surface area contributed by atoms with Crippen LogP contribution in [0.4, 0.5) is 0 Å². The second-order valence-corrected chi connectivity index (χ2v) is 3.59. The predicted molar refractivity (Wildman–Crippen MR) is 58.8 cm³/mol. The molecule has 86 valence electrons. The minimum atomic E-state index is -1.06. The van der Waals surface area contributed by atoms with Gasteiger partial charge in [-0.15, -0.1) is 0 Å². The summed E-state index contributed by atoms with van der Waals surface area (Å²) < 4.78 is 0. The normalized spacial score (nSPS) is 16.8. The van der Waals surface area contributed by atoms with Crippen molar-refractivity contribution in [3.05, 3.63) is 41.7 Å². The Morgan fingerprint density at radius 2 is 1.59 bits per heavy atom. The Kier molecular flexibility index (Phi) is 2.51. The van der Waals surface area contributed by atoms with Crippen molar-refractivity contribution in [3.63, 3.8) is 0 Å². The number of hydrogen-bond acceptors (Lipinski definition) is 4. The number of amides is 2. The number of benzene rings is 1. The lowest BCUT2D eigenvalue weighted by molar-refractivity contribution is -0.149. The standard InChI is InChI=1S/C12H9NO4/c1-13-11(16)8(7-5-3-2-4-6-7)9(14)10(15)12(13)17/h2-6,14H,1H3. The Morgan fingerprint density at radius 1 is 1.00 bits per heavy atom. The minimum absolute atomic E-state index is 0.141. The van der Waals surface area contributed by atoms with Gasteiger partial charge in [-0.2, -0.15) is 0 Å². The number of Topliss-reactive ketones (excluding diaryl/α,β-unsaturated/α-hetero) is 1. The first-order chi connectivity index (χ1) is 8.04. The van der Waals surface area contributed by atoms with E-state index in [4.69, 9.17) is 0 Å². The van der Waals surface area contributed by atoms with Crippen LogP contribution in [0.1, 0.15) is 5.56 Å². The summed E-state index contributed by atoms with van der Waals surface area (Å²) >= 11 is 0. The molecule has 0 aromatic heterocycles. The molecule has 0 aliphatic carbocycles. The number of nitrogens with zero attached hydrogens (tertiary/aromatic N) is 1. The first-order valence-electron chi connectivity index (χ1n) is 4.89. The van der Waals surface area contributed by atoms with Gasteiger partial charge in [-0.3, -0.25) is 19.3 Å². The highest BCUT2D eigenvalue weighted by atomic mass is 16.3. The highest BCUT2D eigenvalue weighted by Crippen LogP contribution is 2.24. The Bertz CT molecular complexity index is 545. The second kappa shape index (κ2) is 3.86. The van der Waals surface area contributed by atoms with Gasteiger partial charge >= 0.3 is 5.91 Å². The van der Waals surface area contributed by atoms with Crippen molar-refractivity contribution < 1.29 is 19.5 Å². The third-order valence-electron chi connectivity index (χ3n) is 2.53. The van der Waals surface area contributed by atoms with Crippen LogP contribution in [0, 0.1) is 0 Å². The molecule has 0 spiro atoms. The zero-order valence-electron chi connectivity index (χ0n) is 9.01. The first-order valence-corrected chi connectivity index (χ1v) is 4.89. The maximum absolute atomic E-state index is 11.8. The number of aliphatic hydroxyl groups excluding tert-OH is 1. The van der Waals surface area contributed by atoms with Crippen molar-refractivity contribution in [3.8, 4) is 0 Å². The zero-order chi connectivity index (χ0) is 12.6. The van der Waals surface area contributed by atoms with Gasteiger partial charge in [0.05, 0.1) is 5.57 Å². The molecular weight excluding hydrogens is 222 g/mol. The third-order valence-corrected chi connectivity index (χ3v) is 2.53. The van der Waals surface area contributed by atoms with E-state index in [-0.39, 0.29) is 5.57 Å². The molecule has 1 aliphatic rings. The monoisotopic (exact) mass is 231 g/mol. The van der Waals surface area contributed by atoms with Crippen LogP contribution in [0.2, 0.25) is 0 Å². The average molecular weight is 231 g/mol. The highest BCUT2D eigenvalue weighted by Gasteiger charge is 2.38. The van der Waals surface area contributed by atoms with E-state index >= 15 is 0 Å². The summed E-state index contributed by atoms with van der Waals surface area (Å²) in [6, 6.07) is 8.25. The van der Waals surface area contributed by atoms with E-state index in [9.17, 15) is 19.5 Å². The molecule has 5 nitrogen and oxygen atoms in total. The fourth-order valence-electron chi connectivity index (χ4n) is 1.59. The summed E-state index contributed by atoms with van der Waals surface area (Å²) in [7, 11) is 1.21. The van der Waals surface area contributed by atoms with Crippen LogP contribution in [0.3, 0.4) is 0 Å². The molecule has 1 heterocycles. The fourth-order valence-corrected chi connectivity index (χ4v) is 1.59. The van der Waals surface area contributed by atoms with Gasteiger partial charge in [0.15, 0.2) is 5.76 Å². The van der Waals surface area contributed by atoms with Crippen LogP contribution in [0.5, 0.6) is 0 Å². The number of likely N-dealkylation sites (N-methyl/N-ethyl adjacent to an activating group) is 1. The van der Waals surface area contributed by atoms with Crippen molar-refractivity contribution >= 4 is 23.2 Å². The van der Waals surface area contributed by atoms with E-state index < -0.39 is 23.4 Å². The molecule has 5 heteroatoms. The molecule has 0 unspecified atom stereocenters. The predicted octanol–water partition coefficient (Wildman–Crippen LogP) is 0.523. The van der Waals surface area contributed by atoms with Crippen molar-refractivity contribution in [2.45, 2.75) is 0 Å². The lowest BCUT2D eigenvalue weighted by Crippen LogP contribution is -2.44. The molecule has 0 saturated carbocycles. The van der Waals surface area contributed by atoms with Crippen molar-refractivity contribution in [2.24, 2.45) is 0 Å². The lowest BCUT2D eigenvalue weighted by atomic mass is 9.98. The Morgan fingerprint density at radius 3 is 2.18 bits per heavy atom. The molecule has 17 heavy (non-hydrogen) atoms. The Balaban J connectivity index is 2.63. The van der Waals surface area contributed by atoms with Crippen LogP contribution in [-0.4, -0.2) is 34.7 Å². The zero-order valence-corrected chi connectivity index (χ0v) is 9.01. The number of ketones is 1. The van der Waals surface area contributed by atoms with E-state index in [2.05, 4.69) is 0 Å². The third kappa shape index (κ3) is 1.61. The molecule has 0 saturated heterocycles. The molecule has 2 amide bonds. The number of carbonyl (C=O) groups excluding carboxylic acids is 3. The van der Waals surface area contributed by atoms with Gasteiger partial charge in [0, 0.05) is 7.05 Å². The van der Waals surface area contributed by atoms with Gasteiger partial charge in [0.1, 0.15) is 0 Å². The minimum Gasteiger partial charge on any atom is -0.503 e. The molecule has 2 rings (SSSR count). The van der Waals surface area contributed by atoms with Gasteiger partial charge in [0.2, 0.25) is 0 Å². The van der Waals surface area contributed by atoms with Crippen molar-refractivity contribution in [1.29, 1.82) is 0 Å². The Labute approximate surface area is 97.0 Å². The largest absolute Gasteiger partial charge is 0.503 e. The van der Waals surface area contributed by atoms with Crippen LogP contribution in [0.25, 0.3) is 5.57 Å². The quantitative estimate of drug-likeness (QED) is 0.565. The molecule has 1 aliphatic heterocycles.